The van der Waals surface area contributed by atoms with E-state index in [1.165, 1.54) is 6.08 Å². The average Bonchev–Trinajstić information content (AvgIpc) is 2.95. The molecule has 0 amide bonds. The van der Waals surface area contributed by atoms with E-state index in [1.807, 2.05) is 0 Å². The number of nitrogens with zero attached hydrogens (tertiary/aromatic N) is 1. The number of carbonyl (C=O) groups is 1. The van der Waals surface area contributed by atoms with E-state index in [0.29, 0.717) is 22.5 Å². The van der Waals surface area contributed by atoms with Gasteiger partial charge in [0.1, 0.15) is 0 Å². The van der Waals surface area contributed by atoms with E-state index in [0.717, 1.165) is 10.1 Å². The summed E-state index contributed by atoms with van der Waals surface area (Å²) in [5.41, 5.74) is 1.46. The predicted octanol–water partition coefficient (Wildman–Crippen LogP) is 2.70. The first-order valence-corrected chi connectivity index (χ1v) is 7.28. The summed E-state index contributed by atoms with van der Waals surface area (Å²) >= 11 is 0. The molecule has 0 spiro atoms. The standard InChI is InChI=1S/C18H16N2O4/c1-23-15-9-7-12(11-16(15)24-2)8-10-17(21)20-14-6-4-3-5-13(14)19-18(20)22/h3-11H,1-2H3,(H,19,22)/b10-8+. The Morgan fingerprint density at radius 3 is 2.58 bits per heavy atom. The lowest BCUT2D eigenvalue weighted by Crippen LogP contribution is -2.22. The first-order chi connectivity index (χ1) is 11.6. The zero-order valence-electron chi connectivity index (χ0n) is 13.3. The van der Waals surface area contributed by atoms with E-state index in [4.69, 9.17) is 9.47 Å². The van der Waals surface area contributed by atoms with Gasteiger partial charge in [0, 0.05) is 6.08 Å². The number of aromatic nitrogens is 2. The molecule has 0 aliphatic carbocycles. The minimum atomic E-state index is -0.460. The summed E-state index contributed by atoms with van der Waals surface area (Å²) in [4.78, 5) is 27.0. The number of methoxy groups -OCH3 is 2. The second-order valence-corrected chi connectivity index (χ2v) is 5.07. The van der Waals surface area contributed by atoms with Gasteiger partial charge in [-0.25, -0.2) is 9.36 Å². The third kappa shape index (κ3) is 2.81. The maximum Gasteiger partial charge on any atom is 0.333 e. The van der Waals surface area contributed by atoms with Crippen molar-refractivity contribution in [3.63, 3.8) is 0 Å². The van der Waals surface area contributed by atoms with Crippen molar-refractivity contribution < 1.29 is 14.3 Å². The second-order valence-electron chi connectivity index (χ2n) is 5.07. The zero-order valence-corrected chi connectivity index (χ0v) is 13.3. The van der Waals surface area contributed by atoms with Crippen LogP contribution in [-0.4, -0.2) is 29.7 Å². The third-order valence-corrected chi connectivity index (χ3v) is 3.64. The van der Waals surface area contributed by atoms with E-state index in [-0.39, 0.29) is 0 Å². The summed E-state index contributed by atoms with van der Waals surface area (Å²) in [6.07, 6.45) is 2.97. The van der Waals surface area contributed by atoms with Gasteiger partial charge in [-0.2, -0.15) is 0 Å². The van der Waals surface area contributed by atoms with E-state index >= 15 is 0 Å². The Kier molecular flexibility index (Phi) is 4.20. The first kappa shape index (κ1) is 15.6. The second kappa shape index (κ2) is 6.45. The predicted molar refractivity (Wildman–Crippen MR) is 91.8 cm³/mol. The van der Waals surface area contributed by atoms with Gasteiger partial charge in [0.25, 0.3) is 5.91 Å². The van der Waals surface area contributed by atoms with Crippen LogP contribution in [0.15, 0.2) is 53.3 Å². The van der Waals surface area contributed by atoms with Crippen molar-refractivity contribution in [3.05, 3.63) is 64.6 Å². The molecule has 2 aromatic carbocycles. The van der Waals surface area contributed by atoms with Gasteiger partial charge in [-0.1, -0.05) is 18.2 Å². The first-order valence-electron chi connectivity index (χ1n) is 7.28. The smallest absolute Gasteiger partial charge is 0.333 e. The molecular formula is C18H16N2O4. The van der Waals surface area contributed by atoms with Crippen LogP contribution in [0.3, 0.4) is 0 Å². The van der Waals surface area contributed by atoms with E-state index in [2.05, 4.69) is 4.98 Å². The minimum Gasteiger partial charge on any atom is -0.493 e. The van der Waals surface area contributed by atoms with E-state index in [9.17, 15) is 9.59 Å². The molecule has 1 N–H and O–H groups in total. The molecule has 0 fully saturated rings. The van der Waals surface area contributed by atoms with Crippen LogP contribution in [0.1, 0.15) is 10.4 Å². The number of ether oxygens (including phenoxy) is 2. The van der Waals surface area contributed by atoms with Gasteiger partial charge in [0.2, 0.25) is 0 Å². The summed E-state index contributed by atoms with van der Waals surface area (Å²) < 4.78 is 11.5. The largest absolute Gasteiger partial charge is 0.493 e. The molecule has 1 heterocycles. The number of para-hydroxylation sites is 2. The number of hydrogen-bond acceptors (Lipinski definition) is 4. The highest BCUT2D eigenvalue weighted by molar-refractivity contribution is 5.99. The minimum absolute atomic E-state index is 0.424. The quantitative estimate of drug-likeness (QED) is 0.749. The van der Waals surface area contributed by atoms with Crippen LogP contribution in [0.2, 0.25) is 0 Å². The molecule has 3 aromatic rings. The zero-order chi connectivity index (χ0) is 17.1. The molecule has 0 unspecified atom stereocenters. The van der Waals surface area contributed by atoms with E-state index < -0.39 is 11.6 Å². The van der Waals surface area contributed by atoms with Crippen LogP contribution in [-0.2, 0) is 0 Å². The number of allylic oxidation sites excluding steroid dienone is 1. The fourth-order valence-corrected chi connectivity index (χ4v) is 2.47. The monoisotopic (exact) mass is 324 g/mol. The molecule has 0 saturated carbocycles. The highest BCUT2D eigenvalue weighted by Crippen LogP contribution is 2.27. The number of fused-ring (bicyclic) bond motifs is 1. The molecular weight excluding hydrogens is 308 g/mol. The Labute approximate surface area is 137 Å². The van der Waals surface area contributed by atoms with Crippen LogP contribution in [0.25, 0.3) is 17.1 Å². The Hall–Kier alpha value is -3.28. The fourth-order valence-electron chi connectivity index (χ4n) is 2.47. The van der Waals surface area contributed by atoms with Gasteiger partial charge in [-0.05, 0) is 35.9 Å². The Morgan fingerprint density at radius 2 is 1.83 bits per heavy atom. The SMILES string of the molecule is COc1ccc(/C=C/C(=O)n2c(=O)[nH]c3ccccc32)cc1OC. The van der Waals surface area contributed by atoms with Gasteiger partial charge in [0.15, 0.2) is 11.5 Å². The van der Waals surface area contributed by atoms with Crippen LogP contribution < -0.4 is 15.2 Å². The molecule has 1 aromatic heterocycles. The molecule has 0 atom stereocenters. The van der Waals surface area contributed by atoms with Crippen molar-refractivity contribution in [2.24, 2.45) is 0 Å². The summed E-state index contributed by atoms with van der Waals surface area (Å²) in [6, 6.07) is 12.3. The molecule has 0 aliphatic rings. The number of nitrogens with one attached hydrogen (secondary N) is 1. The Morgan fingerprint density at radius 1 is 1.08 bits per heavy atom. The van der Waals surface area contributed by atoms with Crippen molar-refractivity contribution in [2.75, 3.05) is 14.2 Å². The van der Waals surface area contributed by atoms with Crippen molar-refractivity contribution in [1.29, 1.82) is 0 Å². The molecule has 122 valence electrons. The van der Waals surface area contributed by atoms with Crippen LogP contribution in [0, 0.1) is 0 Å². The number of rotatable bonds is 4. The Balaban J connectivity index is 1.93. The van der Waals surface area contributed by atoms with Gasteiger partial charge < -0.3 is 14.5 Å². The summed E-state index contributed by atoms with van der Waals surface area (Å²) in [5.74, 6) is 0.748. The summed E-state index contributed by atoms with van der Waals surface area (Å²) in [6.45, 7) is 0. The lowest BCUT2D eigenvalue weighted by Gasteiger charge is -2.07. The number of aromatic amines is 1. The number of benzene rings is 2. The molecule has 6 heteroatoms. The van der Waals surface area contributed by atoms with Crippen molar-refractivity contribution >= 4 is 23.0 Å². The Bertz CT molecular complexity index is 982. The topological polar surface area (TPSA) is 73.3 Å². The van der Waals surface area contributed by atoms with Crippen LogP contribution in [0.4, 0.5) is 0 Å². The maximum atomic E-state index is 12.4. The molecule has 0 saturated heterocycles. The van der Waals surface area contributed by atoms with Crippen molar-refractivity contribution in [2.45, 2.75) is 0 Å². The maximum absolute atomic E-state index is 12.4. The van der Waals surface area contributed by atoms with Crippen LogP contribution >= 0.6 is 0 Å². The fraction of sp³-hybridized carbons (Fsp3) is 0.111. The summed E-state index contributed by atoms with van der Waals surface area (Å²) in [5, 5.41) is 0. The van der Waals surface area contributed by atoms with Crippen LogP contribution in [0.5, 0.6) is 11.5 Å². The molecule has 6 nitrogen and oxygen atoms in total. The molecule has 3 rings (SSSR count). The number of hydrogen-bond donors (Lipinski definition) is 1. The highest BCUT2D eigenvalue weighted by Gasteiger charge is 2.11. The number of imidazole rings is 1. The molecule has 0 radical (unpaired) electrons. The third-order valence-electron chi connectivity index (χ3n) is 3.64. The lowest BCUT2D eigenvalue weighted by atomic mass is 10.2. The van der Waals surface area contributed by atoms with Gasteiger partial charge >= 0.3 is 5.69 Å². The average molecular weight is 324 g/mol. The molecule has 0 aliphatic heterocycles. The number of carbonyl (C=O) groups excluding carboxylic acids is 1. The van der Waals surface area contributed by atoms with Gasteiger partial charge in [-0.3, -0.25) is 4.79 Å². The van der Waals surface area contributed by atoms with Gasteiger partial charge in [0.05, 0.1) is 25.3 Å². The summed E-state index contributed by atoms with van der Waals surface area (Å²) in [7, 11) is 3.10. The van der Waals surface area contributed by atoms with Gasteiger partial charge in [-0.15, -0.1) is 0 Å². The normalized spacial score (nSPS) is 11.1. The highest BCUT2D eigenvalue weighted by atomic mass is 16.5. The van der Waals surface area contributed by atoms with Crippen molar-refractivity contribution in [3.8, 4) is 11.5 Å². The molecule has 24 heavy (non-hydrogen) atoms. The van der Waals surface area contributed by atoms with E-state index in [1.54, 1.807) is 62.8 Å². The number of H-pyrrole nitrogens is 1. The van der Waals surface area contributed by atoms with Crippen molar-refractivity contribution in [1.82, 2.24) is 9.55 Å². The lowest BCUT2D eigenvalue weighted by molar-refractivity contribution is 0.0971. The molecule has 0 bridgehead atoms.